The van der Waals surface area contributed by atoms with E-state index in [1.165, 1.54) is 36.5 Å². The van der Waals surface area contributed by atoms with E-state index in [4.69, 9.17) is 4.74 Å². The van der Waals surface area contributed by atoms with E-state index in [1.807, 2.05) is 0 Å². The number of ether oxygens (including phenoxy) is 1. The Morgan fingerprint density at radius 2 is 1.96 bits per heavy atom. The van der Waals surface area contributed by atoms with Gasteiger partial charge in [-0.15, -0.1) is 0 Å². The lowest BCUT2D eigenvalue weighted by molar-refractivity contribution is -0.119. The van der Waals surface area contributed by atoms with Crippen LogP contribution >= 0.6 is 11.8 Å². The standard InChI is InChI=1S/C15H11F3N2O3S/c16-10-5-1-2-6-11(10)20-12(21)8-23-14(22)9-4-3-7-19-13(9)24-15(17)18/h1-7,15H,8H2,(H,20,21). The molecule has 0 saturated carbocycles. The Kier molecular flexibility index (Phi) is 6.19. The second kappa shape index (κ2) is 8.34. The van der Waals surface area contributed by atoms with E-state index in [0.29, 0.717) is 0 Å². The fourth-order valence-electron chi connectivity index (χ4n) is 1.68. The minimum Gasteiger partial charge on any atom is -0.452 e. The van der Waals surface area contributed by atoms with Crippen molar-refractivity contribution in [2.75, 3.05) is 11.9 Å². The molecule has 0 aliphatic heterocycles. The molecule has 0 aliphatic rings. The summed E-state index contributed by atoms with van der Waals surface area (Å²) >= 11 is 0.0968. The highest BCUT2D eigenvalue weighted by Crippen LogP contribution is 2.26. The molecule has 1 amide bonds. The van der Waals surface area contributed by atoms with Gasteiger partial charge < -0.3 is 10.1 Å². The number of amides is 1. The Labute approximate surface area is 139 Å². The maximum Gasteiger partial charge on any atom is 0.341 e. The lowest BCUT2D eigenvalue weighted by Gasteiger charge is -2.09. The topological polar surface area (TPSA) is 68.3 Å². The van der Waals surface area contributed by atoms with E-state index in [-0.39, 0.29) is 28.0 Å². The Balaban J connectivity index is 1.96. The normalized spacial score (nSPS) is 10.5. The average molecular weight is 356 g/mol. The molecule has 24 heavy (non-hydrogen) atoms. The van der Waals surface area contributed by atoms with E-state index >= 15 is 0 Å². The van der Waals surface area contributed by atoms with Crippen molar-refractivity contribution in [3.63, 3.8) is 0 Å². The molecule has 1 N–H and O–H groups in total. The molecular weight excluding hydrogens is 345 g/mol. The molecule has 0 unspecified atom stereocenters. The number of benzene rings is 1. The number of alkyl halides is 2. The molecule has 126 valence electrons. The Hall–Kier alpha value is -2.55. The fourth-order valence-corrected chi connectivity index (χ4v) is 2.25. The van der Waals surface area contributed by atoms with Gasteiger partial charge in [-0.25, -0.2) is 14.2 Å². The van der Waals surface area contributed by atoms with Crippen molar-refractivity contribution in [1.82, 2.24) is 4.98 Å². The molecule has 1 aromatic carbocycles. The van der Waals surface area contributed by atoms with E-state index in [0.717, 1.165) is 6.07 Å². The van der Waals surface area contributed by atoms with E-state index in [2.05, 4.69) is 10.3 Å². The Bertz CT molecular complexity index is 743. The molecule has 9 heteroatoms. The maximum absolute atomic E-state index is 13.4. The van der Waals surface area contributed by atoms with Crippen molar-refractivity contribution in [1.29, 1.82) is 0 Å². The van der Waals surface area contributed by atoms with Gasteiger partial charge >= 0.3 is 5.97 Å². The SMILES string of the molecule is O=C(COC(=O)c1cccnc1SC(F)F)Nc1ccccc1F. The molecule has 0 spiro atoms. The van der Waals surface area contributed by atoms with E-state index in [9.17, 15) is 22.8 Å². The van der Waals surface area contributed by atoms with Crippen molar-refractivity contribution >= 4 is 29.3 Å². The predicted molar refractivity (Wildman–Crippen MR) is 81.4 cm³/mol. The van der Waals surface area contributed by atoms with Gasteiger partial charge in [0, 0.05) is 6.20 Å². The van der Waals surface area contributed by atoms with Crippen molar-refractivity contribution in [2.24, 2.45) is 0 Å². The second-order valence-electron chi connectivity index (χ2n) is 4.34. The summed E-state index contributed by atoms with van der Waals surface area (Å²) in [4.78, 5) is 27.2. The monoisotopic (exact) mass is 356 g/mol. The predicted octanol–water partition coefficient (Wildman–Crippen LogP) is 3.33. The molecular formula is C15H11F3N2O3S. The van der Waals surface area contributed by atoms with Crippen LogP contribution in [0.4, 0.5) is 18.9 Å². The largest absolute Gasteiger partial charge is 0.452 e. The zero-order valence-corrected chi connectivity index (χ0v) is 12.9. The van der Waals surface area contributed by atoms with E-state index in [1.54, 1.807) is 0 Å². The Morgan fingerprint density at radius 3 is 2.67 bits per heavy atom. The van der Waals surface area contributed by atoms with Crippen molar-refractivity contribution in [3.05, 3.63) is 54.0 Å². The van der Waals surface area contributed by atoms with Crippen LogP contribution in [0, 0.1) is 5.82 Å². The third-order valence-electron chi connectivity index (χ3n) is 2.67. The van der Waals surface area contributed by atoms with Gasteiger partial charge in [0.2, 0.25) is 0 Å². The molecule has 1 heterocycles. The van der Waals surface area contributed by atoms with Gasteiger partial charge in [0.05, 0.1) is 11.3 Å². The number of esters is 1. The van der Waals surface area contributed by atoms with Crippen LogP contribution < -0.4 is 5.32 Å². The van der Waals surface area contributed by atoms with Gasteiger partial charge in [-0.05, 0) is 36.0 Å². The number of carbonyl (C=O) groups excluding carboxylic acids is 2. The number of rotatable bonds is 6. The third-order valence-corrected chi connectivity index (χ3v) is 3.40. The molecule has 2 rings (SSSR count). The van der Waals surface area contributed by atoms with Crippen LogP contribution in [0.2, 0.25) is 0 Å². The lowest BCUT2D eigenvalue weighted by Crippen LogP contribution is -2.21. The third kappa shape index (κ3) is 4.98. The quantitative estimate of drug-likeness (QED) is 0.635. The minimum absolute atomic E-state index is 0.0612. The summed E-state index contributed by atoms with van der Waals surface area (Å²) < 4.78 is 43.0. The van der Waals surface area contributed by atoms with Gasteiger partial charge in [0.1, 0.15) is 10.8 Å². The smallest absolute Gasteiger partial charge is 0.341 e. The second-order valence-corrected chi connectivity index (χ2v) is 5.32. The van der Waals surface area contributed by atoms with Crippen LogP contribution in [0.15, 0.2) is 47.6 Å². The zero-order valence-electron chi connectivity index (χ0n) is 12.0. The molecule has 0 saturated heterocycles. The van der Waals surface area contributed by atoms with Crippen LogP contribution in [0.25, 0.3) is 0 Å². The number of halogens is 3. The fraction of sp³-hybridized carbons (Fsp3) is 0.133. The number of hydrogen-bond donors (Lipinski definition) is 1. The molecule has 0 fully saturated rings. The number of pyridine rings is 1. The van der Waals surface area contributed by atoms with Gasteiger partial charge in [0.15, 0.2) is 6.61 Å². The number of aromatic nitrogens is 1. The molecule has 0 bridgehead atoms. The summed E-state index contributed by atoms with van der Waals surface area (Å²) in [5.41, 5.74) is -0.240. The highest BCUT2D eigenvalue weighted by atomic mass is 32.2. The van der Waals surface area contributed by atoms with Gasteiger partial charge in [-0.1, -0.05) is 12.1 Å². The highest BCUT2D eigenvalue weighted by Gasteiger charge is 2.19. The first kappa shape index (κ1) is 17.8. The van der Waals surface area contributed by atoms with Gasteiger partial charge in [-0.3, -0.25) is 4.79 Å². The summed E-state index contributed by atoms with van der Waals surface area (Å²) in [7, 11) is 0. The summed E-state index contributed by atoms with van der Waals surface area (Å²) in [5.74, 6) is -5.13. The average Bonchev–Trinajstić information content (AvgIpc) is 2.55. The molecule has 5 nitrogen and oxygen atoms in total. The van der Waals surface area contributed by atoms with Crippen LogP contribution in [0.5, 0.6) is 0 Å². The van der Waals surface area contributed by atoms with Crippen molar-refractivity contribution in [3.8, 4) is 0 Å². The first-order chi connectivity index (χ1) is 11.5. The molecule has 1 aromatic heterocycles. The van der Waals surface area contributed by atoms with Gasteiger partial charge in [0.25, 0.3) is 11.7 Å². The molecule has 2 aromatic rings. The number of nitrogens with zero attached hydrogens (tertiary/aromatic N) is 1. The van der Waals surface area contributed by atoms with Crippen LogP contribution in [-0.2, 0) is 9.53 Å². The maximum atomic E-state index is 13.4. The number of carbonyl (C=O) groups is 2. The molecule has 0 atom stereocenters. The first-order valence-corrected chi connectivity index (χ1v) is 7.46. The summed E-state index contributed by atoms with van der Waals surface area (Å²) in [6, 6.07) is 8.11. The van der Waals surface area contributed by atoms with Crippen LogP contribution in [0.1, 0.15) is 10.4 Å². The number of thioether (sulfide) groups is 1. The highest BCUT2D eigenvalue weighted by molar-refractivity contribution is 7.99. The zero-order chi connectivity index (χ0) is 17.5. The molecule has 0 aliphatic carbocycles. The van der Waals surface area contributed by atoms with Crippen molar-refractivity contribution < 1.29 is 27.5 Å². The van der Waals surface area contributed by atoms with Crippen molar-refractivity contribution in [2.45, 2.75) is 10.8 Å². The number of anilines is 1. The summed E-state index contributed by atoms with van der Waals surface area (Å²) in [6.45, 7) is -0.694. The molecule has 0 radical (unpaired) electrons. The van der Waals surface area contributed by atoms with E-state index < -0.39 is 30.1 Å². The number of nitrogens with one attached hydrogen (secondary N) is 1. The van der Waals surface area contributed by atoms with Gasteiger partial charge in [-0.2, -0.15) is 8.78 Å². The van der Waals surface area contributed by atoms with Crippen LogP contribution in [0.3, 0.4) is 0 Å². The summed E-state index contributed by atoms with van der Waals surface area (Å²) in [6.07, 6.45) is 1.26. The first-order valence-electron chi connectivity index (χ1n) is 6.58. The minimum atomic E-state index is -2.75. The summed E-state index contributed by atoms with van der Waals surface area (Å²) in [5, 5.41) is 2.03. The van der Waals surface area contributed by atoms with Crippen LogP contribution in [-0.4, -0.2) is 29.2 Å². The number of hydrogen-bond acceptors (Lipinski definition) is 5. The Morgan fingerprint density at radius 1 is 1.21 bits per heavy atom. The number of para-hydroxylation sites is 1. The lowest BCUT2D eigenvalue weighted by atomic mass is 10.3.